The number of likely N-dealkylation sites (tertiary alicyclic amines) is 1. The zero-order valence-electron chi connectivity index (χ0n) is 17.2. The molecule has 1 saturated heterocycles. The fraction of sp³-hybridized carbons (Fsp3) is 0.435. The molecule has 0 saturated carbocycles. The van der Waals surface area contributed by atoms with Gasteiger partial charge in [0, 0.05) is 19.5 Å². The van der Waals surface area contributed by atoms with Gasteiger partial charge in [-0.2, -0.15) is 0 Å². The molecule has 0 bridgehead atoms. The van der Waals surface area contributed by atoms with E-state index in [0.717, 1.165) is 24.9 Å². The number of β-amino-alcohol motifs (C(OH)–C–C–N with tert-alkyl or cyclic N) is 1. The molecule has 0 spiro atoms. The molecule has 1 aliphatic rings. The molecule has 1 amide bonds. The van der Waals surface area contributed by atoms with Crippen LogP contribution in [0.1, 0.15) is 54.2 Å². The minimum absolute atomic E-state index is 0.167. The number of hydrogen-bond donors (Lipinski definition) is 2. The van der Waals surface area contributed by atoms with Crippen molar-refractivity contribution in [2.75, 3.05) is 25.5 Å². The van der Waals surface area contributed by atoms with Gasteiger partial charge in [0.1, 0.15) is 5.75 Å². The molecule has 1 fully saturated rings. The number of aliphatic hydroxyl groups excluding tert-OH is 1. The Hall–Kier alpha value is -2.37. The number of nitrogens with one attached hydrogen (secondary N) is 1. The topological polar surface area (TPSA) is 61.8 Å². The van der Waals surface area contributed by atoms with Crippen LogP contribution in [0.2, 0.25) is 0 Å². The van der Waals surface area contributed by atoms with Gasteiger partial charge in [0.15, 0.2) is 0 Å². The summed E-state index contributed by atoms with van der Waals surface area (Å²) in [4.78, 5) is 13.8. The summed E-state index contributed by atoms with van der Waals surface area (Å²) in [5, 5.41) is 13.6. The van der Waals surface area contributed by atoms with E-state index in [0.29, 0.717) is 24.0 Å². The molecule has 2 atom stereocenters. The number of benzene rings is 2. The monoisotopic (exact) mass is 382 g/mol. The maximum absolute atomic E-state index is 11.5. The van der Waals surface area contributed by atoms with Crippen LogP contribution in [0.3, 0.4) is 0 Å². The van der Waals surface area contributed by atoms with Crippen LogP contribution in [0.5, 0.6) is 5.75 Å². The summed E-state index contributed by atoms with van der Waals surface area (Å²) >= 11 is 0. The highest BCUT2D eigenvalue weighted by Crippen LogP contribution is 2.35. The van der Waals surface area contributed by atoms with E-state index in [-0.39, 0.29) is 5.91 Å². The largest absolute Gasteiger partial charge is 0.495 e. The molecule has 2 aromatic rings. The van der Waals surface area contributed by atoms with Gasteiger partial charge in [-0.3, -0.25) is 9.69 Å². The first-order valence-electron chi connectivity index (χ1n) is 9.84. The molecule has 1 aliphatic heterocycles. The van der Waals surface area contributed by atoms with Crippen molar-refractivity contribution in [2.45, 2.75) is 45.8 Å². The second-order valence-electron chi connectivity index (χ2n) is 7.65. The molecule has 2 N–H and O–H groups in total. The van der Waals surface area contributed by atoms with Crippen molar-refractivity contribution in [1.29, 1.82) is 0 Å². The van der Waals surface area contributed by atoms with Gasteiger partial charge in [0.05, 0.1) is 18.9 Å². The lowest BCUT2D eigenvalue weighted by molar-refractivity contribution is -0.114. The van der Waals surface area contributed by atoms with Crippen LogP contribution in [0.4, 0.5) is 5.69 Å². The summed E-state index contributed by atoms with van der Waals surface area (Å²) in [6.07, 6.45) is 1.60. The van der Waals surface area contributed by atoms with Crippen LogP contribution < -0.4 is 10.1 Å². The first-order valence-corrected chi connectivity index (χ1v) is 9.84. The number of aryl methyl sites for hydroxylation is 2. The number of ether oxygens (including phenoxy) is 1. The van der Waals surface area contributed by atoms with Crippen molar-refractivity contribution in [3.8, 4) is 5.75 Å². The Morgan fingerprint density at radius 3 is 2.71 bits per heavy atom. The Balaban J connectivity index is 1.76. The highest BCUT2D eigenvalue weighted by molar-refractivity contribution is 5.90. The molecule has 5 nitrogen and oxygen atoms in total. The van der Waals surface area contributed by atoms with E-state index in [1.54, 1.807) is 19.2 Å². The molecule has 0 aromatic heterocycles. The first kappa shape index (κ1) is 20.4. The van der Waals surface area contributed by atoms with Gasteiger partial charge < -0.3 is 15.2 Å². The van der Waals surface area contributed by atoms with Gasteiger partial charge >= 0.3 is 0 Å². The van der Waals surface area contributed by atoms with Gasteiger partial charge in [-0.15, -0.1) is 0 Å². The van der Waals surface area contributed by atoms with Crippen LogP contribution in [0.25, 0.3) is 0 Å². The van der Waals surface area contributed by atoms with Crippen LogP contribution in [0.15, 0.2) is 36.4 Å². The summed E-state index contributed by atoms with van der Waals surface area (Å²) in [5.74, 6) is 0.416. The van der Waals surface area contributed by atoms with Crippen LogP contribution in [-0.2, 0) is 4.79 Å². The van der Waals surface area contributed by atoms with Crippen LogP contribution in [0, 0.1) is 13.8 Å². The number of carbonyl (C=O) groups excluding carboxylic acids is 1. The fourth-order valence-corrected chi connectivity index (χ4v) is 3.94. The minimum atomic E-state index is -0.634. The molecular weight excluding hydrogens is 352 g/mol. The number of carbonyl (C=O) groups is 1. The third-order valence-corrected chi connectivity index (χ3v) is 5.61. The summed E-state index contributed by atoms with van der Waals surface area (Å²) < 4.78 is 5.30. The van der Waals surface area contributed by atoms with Crippen molar-refractivity contribution in [3.05, 3.63) is 58.7 Å². The summed E-state index contributed by atoms with van der Waals surface area (Å²) in [6.45, 7) is 7.27. The maximum atomic E-state index is 11.5. The summed E-state index contributed by atoms with van der Waals surface area (Å²) in [5.41, 5.74) is 5.28. The molecule has 0 radical (unpaired) electrons. The second kappa shape index (κ2) is 8.76. The van der Waals surface area contributed by atoms with E-state index in [4.69, 9.17) is 4.74 Å². The number of methoxy groups -OCH3 is 1. The predicted octanol–water partition coefficient (Wildman–Crippen LogP) is 4.14. The predicted molar refractivity (Wildman–Crippen MR) is 112 cm³/mol. The Morgan fingerprint density at radius 2 is 2.04 bits per heavy atom. The van der Waals surface area contributed by atoms with E-state index in [1.165, 1.54) is 23.6 Å². The van der Waals surface area contributed by atoms with Crippen molar-refractivity contribution in [1.82, 2.24) is 4.90 Å². The molecule has 5 heteroatoms. The molecule has 0 unspecified atom stereocenters. The van der Waals surface area contributed by atoms with Crippen molar-refractivity contribution < 1.29 is 14.6 Å². The SMILES string of the molecule is COc1ccc([C@H](O)CN2CCC[C@H]2c2ccc(C)c(C)c2)cc1NC(C)=O. The Kier molecular flexibility index (Phi) is 6.37. The highest BCUT2D eigenvalue weighted by Gasteiger charge is 2.28. The average Bonchev–Trinajstić information content (AvgIpc) is 3.11. The number of nitrogens with zero attached hydrogens (tertiary/aromatic N) is 1. The standard InChI is InChI=1S/C23H30N2O3/c1-15-7-8-18(12-16(15)2)21-6-5-11-25(21)14-22(27)19-9-10-23(28-4)20(13-19)24-17(3)26/h7-10,12-13,21-22,27H,5-6,11,14H2,1-4H3,(H,24,26)/t21-,22+/m0/s1. The molecule has 0 aliphatic carbocycles. The molecule has 150 valence electrons. The van der Waals surface area contributed by atoms with E-state index < -0.39 is 6.10 Å². The summed E-state index contributed by atoms with van der Waals surface area (Å²) in [6, 6.07) is 12.4. The normalized spacial score (nSPS) is 18.1. The van der Waals surface area contributed by atoms with Crippen LogP contribution >= 0.6 is 0 Å². The van der Waals surface area contributed by atoms with Crippen LogP contribution in [-0.4, -0.2) is 36.1 Å². The molecule has 1 heterocycles. The Bertz CT molecular complexity index is 850. The van der Waals surface area contributed by atoms with Crippen molar-refractivity contribution in [3.63, 3.8) is 0 Å². The Morgan fingerprint density at radius 1 is 1.25 bits per heavy atom. The average molecular weight is 383 g/mol. The number of amides is 1. The lowest BCUT2D eigenvalue weighted by atomic mass is 9.99. The molecule has 2 aromatic carbocycles. The van der Waals surface area contributed by atoms with E-state index >= 15 is 0 Å². The molecule has 28 heavy (non-hydrogen) atoms. The third-order valence-electron chi connectivity index (χ3n) is 5.61. The fourth-order valence-electron chi connectivity index (χ4n) is 3.94. The first-order chi connectivity index (χ1) is 13.4. The summed E-state index contributed by atoms with van der Waals surface area (Å²) in [7, 11) is 1.56. The van der Waals surface area contributed by atoms with Gasteiger partial charge in [-0.25, -0.2) is 0 Å². The highest BCUT2D eigenvalue weighted by atomic mass is 16.5. The maximum Gasteiger partial charge on any atom is 0.221 e. The second-order valence-corrected chi connectivity index (χ2v) is 7.65. The van der Waals surface area contributed by atoms with Gasteiger partial charge in [-0.05, 0) is 67.6 Å². The number of rotatable bonds is 6. The molecule has 3 rings (SSSR count). The lowest BCUT2D eigenvalue weighted by Gasteiger charge is -2.28. The third kappa shape index (κ3) is 4.54. The van der Waals surface area contributed by atoms with E-state index in [9.17, 15) is 9.90 Å². The number of anilines is 1. The van der Waals surface area contributed by atoms with Gasteiger partial charge in [-0.1, -0.05) is 24.3 Å². The van der Waals surface area contributed by atoms with E-state index in [2.05, 4.69) is 42.3 Å². The van der Waals surface area contributed by atoms with E-state index in [1.807, 2.05) is 6.07 Å². The quantitative estimate of drug-likeness (QED) is 0.788. The van der Waals surface area contributed by atoms with Crippen molar-refractivity contribution >= 4 is 11.6 Å². The Labute approximate surface area is 167 Å². The van der Waals surface area contributed by atoms with Crippen molar-refractivity contribution in [2.24, 2.45) is 0 Å². The number of aliphatic hydroxyl groups is 1. The zero-order valence-corrected chi connectivity index (χ0v) is 17.2. The minimum Gasteiger partial charge on any atom is -0.495 e. The van der Waals surface area contributed by atoms with Gasteiger partial charge in [0.2, 0.25) is 5.91 Å². The number of hydrogen-bond acceptors (Lipinski definition) is 4. The lowest BCUT2D eigenvalue weighted by Crippen LogP contribution is -2.28. The smallest absolute Gasteiger partial charge is 0.221 e. The molecular formula is C23H30N2O3. The zero-order chi connectivity index (χ0) is 20.3. The van der Waals surface area contributed by atoms with Gasteiger partial charge in [0.25, 0.3) is 0 Å².